The second-order valence-corrected chi connectivity index (χ2v) is 8.03. The number of fused-ring (bicyclic) bond motifs is 1. The average molecular weight is 412 g/mol. The van der Waals surface area contributed by atoms with Crippen molar-refractivity contribution in [2.45, 2.75) is 31.5 Å². The van der Waals surface area contributed by atoms with E-state index < -0.39 is 16.6 Å². The topological polar surface area (TPSA) is 84.9 Å². The molecule has 0 aliphatic carbocycles. The fourth-order valence-electron chi connectivity index (χ4n) is 3.02. The number of carbonyl (C=O) groups excluding carboxylic acids is 1. The van der Waals surface area contributed by atoms with E-state index in [1.165, 1.54) is 30.5 Å². The Bertz CT molecular complexity index is 1010. The summed E-state index contributed by atoms with van der Waals surface area (Å²) in [5, 5.41) is 2.68. The predicted octanol–water partition coefficient (Wildman–Crippen LogP) is 2.96. The second kappa shape index (κ2) is 7.72. The molecule has 0 aromatic heterocycles. The summed E-state index contributed by atoms with van der Waals surface area (Å²) >= 11 is 0. The number of halogens is 2. The summed E-state index contributed by atoms with van der Waals surface area (Å²) in [5.74, 6) is -0.634. The van der Waals surface area contributed by atoms with E-state index in [1.54, 1.807) is 18.2 Å². The largest absolute Gasteiger partial charge is 0.493 e. The van der Waals surface area contributed by atoms with Crippen LogP contribution in [0.4, 0.5) is 14.5 Å². The van der Waals surface area contributed by atoms with Crippen LogP contribution in [0, 0.1) is 0 Å². The standard InChI is InChI=1S/C18H18F2N2O5S/c1-11(23)21-15-5-3-4-12-9-22(10-14(12)15)28(24,25)13-6-7-16(26-2)17(8-13)27-18(19)20/h3-8,18H,9-10H2,1-2H3,(H,21,23). The van der Waals surface area contributed by atoms with Crippen LogP contribution in [-0.4, -0.2) is 32.4 Å². The van der Waals surface area contributed by atoms with Gasteiger partial charge in [-0.2, -0.15) is 13.1 Å². The molecule has 2 aromatic carbocycles. The number of nitrogens with one attached hydrogen (secondary N) is 1. The van der Waals surface area contributed by atoms with Crippen LogP contribution < -0.4 is 14.8 Å². The Hall–Kier alpha value is -2.72. The van der Waals surface area contributed by atoms with Crippen LogP contribution in [0.1, 0.15) is 18.1 Å². The molecule has 1 heterocycles. The molecule has 1 amide bonds. The Balaban J connectivity index is 1.93. The molecule has 0 radical (unpaired) electrons. The van der Waals surface area contributed by atoms with Crippen LogP contribution in [0.3, 0.4) is 0 Å². The van der Waals surface area contributed by atoms with Crippen LogP contribution in [0.25, 0.3) is 0 Å². The Morgan fingerprint density at radius 3 is 2.57 bits per heavy atom. The smallest absolute Gasteiger partial charge is 0.387 e. The first-order valence-corrected chi connectivity index (χ1v) is 9.67. The van der Waals surface area contributed by atoms with Crippen LogP contribution >= 0.6 is 0 Å². The van der Waals surface area contributed by atoms with E-state index >= 15 is 0 Å². The molecule has 0 fully saturated rings. The van der Waals surface area contributed by atoms with Gasteiger partial charge in [-0.1, -0.05) is 12.1 Å². The molecule has 7 nitrogen and oxygen atoms in total. The maximum atomic E-state index is 13.0. The van der Waals surface area contributed by atoms with Crippen LogP contribution in [0.2, 0.25) is 0 Å². The third kappa shape index (κ3) is 3.92. The van der Waals surface area contributed by atoms with E-state index in [9.17, 15) is 22.0 Å². The average Bonchev–Trinajstić information content (AvgIpc) is 3.07. The van der Waals surface area contributed by atoms with Crippen molar-refractivity contribution in [3.8, 4) is 11.5 Å². The van der Waals surface area contributed by atoms with Crippen LogP contribution in [0.5, 0.6) is 11.5 Å². The van der Waals surface area contributed by atoms with Crippen LogP contribution in [-0.2, 0) is 27.9 Å². The number of hydrogen-bond acceptors (Lipinski definition) is 5. The van der Waals surface area contributed by atoms with E-state index in [0.29, 0.717) is 11.3 Å². The van der Waals surface area contributed by atoms with E-state index in [4.69, 9.17) is 4.74 Å². The van der Waals surface area contributed by atoms with Crippen molar-refractivity contribution in [3.05, 3.63) is 47.5 Å². The number of anilines is 1. The zero-order chi connectivity index (χ0) is 20.5. The lowest BCUT2D eigenvalue weighted by atomic mass is 10.1. The fraction of sp³-hybridized carbons (Fsp3) is 0.278. The van der Waals surface area contributed by atoms with E-state index in [1.807, 2.05) is 0 Å². The highest BCUT2D eigenvalue weighted by atomic mass is 32.2. The SMILES string of the molecule is COc1ccc(S(=O)(=O)N2Cc3cccc(NC(C)=O)c3C2)cc1OC(F)F. The number of nitrogens with zero attached hydrogens (tertiary/aromatic N) is 1. The Morgan fingerprint density at radius 2 is 1.93 bits per heavy atom. The fourth-order valence-corrected chi connectivity index (χ4v) is 4.43. The van der Waals surface area contributed by atoms with Gasteiger partial charge in [0.15, 0.2) is 11.5 Å². The number of ether oxygens (including phenoxy) is 2. The summed E-state index contributed by atoms with van der Waals surface area (Å²) in [6.45, 7) is -1.61. The third-order valence-corrected chi connectivity index (χ3v) is 6.04. The molecule has 1 aliphatic rings. The molecule has 1 N–H and O–H groups in total. The van der Waals surface area contributed by atoms with Gasteiger partial charge in [-0.3, -0.25) is 4.79 Å². The van der Waals surface area contributed by atoms with Gasteiger partial charge in [0, 0.05) is 31.8 Å². The van der Waals surface area contributed by atoms with Gasteiger partial charge in [0.2, 0.25) is 15.9 Å². The van der Waals surface area contributed by atoms with Gasteiger partial charge in [0.25, 0.3) is 0 Å². The van der Waals surface area contributed by atoms with Gasteiger partial charge >= 0.3 is 6.61 Å². The van der Waals surface area contributed by atoms with Gasteiger partial charge in [-0.05, 0) is 29.3 Å². The van der Waals surface area contributed by atoms with Crippen molar-refractivity contribution < 1.29 is 31.5 Å². The van der Waals surface area contributed by atoms with Crippen molar-refractivity contribution in [1.82, 2.24) is 4.31 Å². The highest BCUT2D eigenvalue weighted by molar-refractivity contribution is 7.89. The number of methoxy groups -OCH3 is 1. The number of carbonyl (C=O) groups is 1. The van der Waals surface area contributed by atoms with Gasteiger partial charge in [-0.25, -0.2) is 8.42 Å². The molecule has 1 aliphatic heterocycles. The molecule has 0 unspecified atom stereocenters. The molecular formula is C18H18F2N2O5S. The molecule has 3 rings (SSSR count). The molecule has 0 atom stereocenters. The summed E-state index contributed by atoms with van der Waals surface area (Å²) in [4.78, 5) is 11.2. The van der Waals surface area contributed by atoms with Crippen molar-refractivity contribution in [2.24, 2.45) is 0 Å². The molecule has 0 bridgehead atoms. The summed E-state index contributed by atoms with van der Waals surface area (Å²) in [6, 6.07) is 8.73. The number of benzene rings is 2. The van der Waals surface area contributed by atoms with Gasteiger partial charge in [0.05, 0.1) is 12.0 Å². The predicted molar refractivity (Wildman–Crippen MR) is 96.8 cm³/mol. The van der Waals surface area contributed by atoms with Gasteiger partial charge < -0.3 is 14.8 Å². The number of sulfonamides is 1. The Kier molecular flexibility index (Phi) is 5.52. The molecule has 28 heavy (non-hydrogen) atoms. The summed E-state index contributed by atoms with van der Waals surface area (Å²) in [7, 11) is -2.73. The van der Waals surface area contributed by atoms with Gasteiger partial charge in [0.1, 0.15) is 0 Å². The first-order valence-electron chi connectivity index (χ1n) is 8.23. The Labute approximate surface area is 160 Å². The van der Waals surface area contributed by atoms with Gasteiger partial charge in [-0.15, -0.1) is 0 Å². The van der Waals surface area contributed by atoms with Crippen molar-refractivity contribution >= 4 is 21.6 Å². The molecule has 0 saturated heterocycles. The lowest BCUT2D eigenvalue weighted by Gasteiger charge is -2.17. The summed E-state index contributed by atoms with van der Waals surface area (Å²) < 4.78 is 61.8. The zero-order valence-electron chi connectivity index (χ0n) is 15.1. The number of rotatable bonds is 6. The summed E-state index contributed by atoms with van der Waals surface area (Å²) in [6.07, 6.45) is 0. The molecule has 0 spiro atoms. The lowest BCUT2D eigenvalue weighted by Crippen LogP contribution is -2.26. The normalized spacial score (nSPS) is 14.0. The maximum absolute atomic E-state index is 13.0. The first kappa shape index (κ1) is 20.0. The minimum Gasteiger partial charge on any atom is -0.493 e. The monoisotopic (exact) mass is 412 g/mol. The molecular weight excluding hydrogens is 394 g/mol. The van der Waals surface area contributed by atoms with Crippen molar-refractivity contribution in [1.29, 1.82) is 0 Å². The number of amides is 1. The van der Waals surface area contributed by atoms with E-state index in [-0.39, 0.29) is 35.4 Å². The summed E-state index contributed by atoms with van der Waals surface area (Å²) in [5.41, 5.74) is 1.99. The van der Waals surface area contributed by atoms with Crippen LogP contribution in [0.15, 0.2) is 41.3 Å². The molecule has 2 aromatic rings. The van der Waals surface area contributed by atoms with E-state index in [0.717, 1.165) is 11.6 Å². The maximum Gasteiger partial charge on any atom is 0.387 e. The molecule has 0 saturated carbocycles. The first-order chi connectivity index (χ1) is 13.2. The number of alkyl halides is 2. The molecule has 10 heteroatoms. The highest BCUT2D eigenvalue weighted by Crippen LogP contribution is 2.36. The molecule has 150 valence electrons. The lowest BCUT2D eigenvalue weighted by molar-refractivity contribution is -0.114. The zero-order valence-corrected chi connectivity index (χ0v) is 15.9. The third-order valence-electron chi connectivity index (χ3n) is 4.25. The van der Waals surface area contributed by atoms with Crippen molar-refractivity contribution in [3.63, 3.8) is 0 Å². The number of hydrogen-bond donors (Lipinski definition) is 1. The second-order valence-electron chi connectivity index (χ2n) is 6.09. The minimum absolute atomic E-state index is 0.00287. The highest BCUT2D eigenvalue weighted by Gasteiger charge is 2.32. The van der Waals surface area contributed by atoms with Crippen molar-refractivity contribution in [2.75, 3.05) is 12.4 Å². The van der Waals surface area contributed by atoms with E-state index in [2.05, 4.69) is 10.1 Å². The Morgan fingerprint density at radius 1 is 1.18 bits per heavy atom. The quantitative estimate of drug-likeness (QED) is 0.789. The minimum atomic E-state index is -3.99.